The van der Waals surface area contributed by atoms with Crippen molar-refractivity contribution in [1.29, 1.82) is 0 Å². The summed E-state index contributed by atoms with van der Waals surface area (Å²) in [4.78, 5) is 0. The molecule has 15 heavy (non-hydrogen) atoms. The molecule has 0 aromatic heterocycles. The number of hydrogen-bond acceptors (Lipinski definition) is 2. The molecular formula is C12H17FN2. The lowest BCUT2D eigenvalue weighted by molar-refractivity contribution is 0.532. The van der Waals surface area contributed by atoms with Crippen LogP contribution in [0, 0.1) is 12.7 Å². The quantitative estimate of drug-likeness (QED) is 0.793. The van der Waals surface area contributed by atoms with Crippen LogP contribution in [-0.2, 0) is 0 Å². The highest BCUT2D eigenvalue weighted by Crippen LogP contribution is 2.24. The first-order chi connectivity index (χ1) is 7.20. The Hall–Kier alpha value is -0.930. The molecule has 0 aliphatic heterocycles. The molecule has 1 aliphatic carbocycles. The van der Waals surface area contributed by atoms with Gasteiger partial charge in [-0.1, -0.05) is 12.1 Å². The van der Waals surface area contributed by atoms with Crippen molar-refractivity contribution in [2.24, 2.45) is 5.73 Å². The molecule has 2 nitrogen and oxygen atoms in total. The summed E-state index contributed by atoms with van der Waals surface area (Å²) in [6.45, 7) is 2.28. The third-order valence-corrected chi connectivity index (χ3v) is 2.85. The molecule has 2 rings (SSSR count). The van der Waals surface area contributed by atoms with Crippen LogP contribution in [0.25, 0.3) is 0 Å². The summed E-state index contributed by atoms with van der Waals surface area (Å²) in [6, 6.07) is 6.02. The molecule has 1 unspecified atom stereocenters. The highest BCUT2D eigenvalue weighted by Gasteiger charge is 2.24. The maximum Gasteiger partial charge on any atom is 0.126 e. The summed E-state index contributed by atoms with van der Waals surface area (Å²) < 4.78 is 13.4. The Labute approximate surface area is 89.7 Å². The first-order valence-electron chi connectivity index (χ1n) is 5.43. The molecular weight excluding hydrogens is 191 g/mol. The number of nitrogens with one attached hydrogen (secondary N) is 1. The Morgan fingerprint density at radius 1 is 1.53 bits per heavy atom. The summed E-state index contributed by atoms with van der Waals surface area (Å²) in [5, 5.41) is 3.41. The van der Waals surface area contributed by atoms with Crippen LogP contribution in [0.3, 0.4) is 0 Å². The molecule has 0 saturated heterocycles. The number of nitrogens with two attached hydrogens (primary N) is 1. The lowest BCUT2D eigenvalue weighted by atomic mass is 10.0. The molecule has 82 valence electrons. The van der Waals surface area contributed by atoms with Crippen molar-refractivity contribution in [3.8, 4) is 0 Å². The van der Waals surface area contributed by atoms with Crippen LogP contribution in [0.5, 0.6) is 0 Å². The normalized spacial score (nSPS) is 17.8. The van der Waals surface area contributed by atoms with Gasteiger partial charge in [0.1, 0.15) is 5.82 Å². The summed E-state index contributed by atoms with van der Waals surface area (Å²) in [7, 11) is 0. The molecule has 0 heterocycles. The maximum atomic E-state index is 13.4. The minimum absolute atomic E-state index is 0.0904. The smallest absolute Gasteiger partial charge is 0.126 e. The van der Waals surface area contributed by atoms with E-state index >= 15 is 0 Å². The van der Waals surface area contributed by atoms with Gasteiger partial charge in [0.2, 0.25) is 0 Å². The van der Waals surface area contributed by atoms with Crippen LogP contribution >= 0.6 is 0 Å². The Bertz CT molecular complexity index is 347. The van der Waals surface area contributed by atoms with Crippen LogP contribution in [0.15, 0.2) is 18.2 Å². The molecule has 0 radical (unpaired) electrons. The van der Waals surface area contributed by atoms with Crippen molar-refractivity contribution in [2.75, 3.05) is 6.54 Å². The predicted octanol–water partition coefficient (Wildman–Crippen LogP) is 1.89. The van der Waals surface area contributed by atoms with Gasteiger partial charge in [-0.05, 0) is 37.0 Å². The molecule has 1 atom stereocenters. The van der Waals surface area contributed by atoms with Gasteiger partial charge in [0, 0.05) is 18.6 Å². The van der Waals surface area contributed by atoms with Crippen molar-refractivity contribution in [3.63, 3.8) is 0 Å². The highest BCUT2D eigenvalue weighted by atomic mass is 19.1. The van der Waals surface area contributed by atoms with Crippen molar-refractivity contribution in [3.05, 3.63) is 35.1 Å². The Morgan fingerprint density at radius 3 is 2.80 bits per heavy atom. The first-order valence-corrected chi connectivity index (χ1v) is 5.43. The van der Waals surface area contributed by atoms with E-state index in [-0.39, 0.29) is 11.9 Å². The van der Waals surface area contributed by atoms with Gasteiger partial charge < -0.3 is 11.1 Å². The van der Waals surface area contributed by atoms with Crippen molar-refractivity contribution in [1.82, 2.24) is 5.32 Å². The topological polar surface area (TPSA) is 38.0 Å². The zero-order valence-electron chi connectivity index (χ0n) is 8.96. The summed E-state index contributed by atoms with van der Waals surface area (Å²) >= 11 is 0. The molecule has 3 heteroatoms. The first kappa shape index (κ1) is 10.6. The molecule has 3 N–H and O–H groups in total. The van der Waals surface area contributed by atoms with E-state index in [4.69, 9.17) is 5.73 Å². The SMILES string of the molecule is Cc1ccc(C(CN)NC2CC2)cc1F. The Balaban J connectivity index is 2.13. The summed E-state index contributed by atoms with van der Waals surface area (Å²) in [6.07, 6.45) is 2.43. The molecule has 0 bridgehead atoms. The Kier molecular flexibility index (Phi) is 3.03. The van der Waals surface area contributed by atoms with Gasteiger partial charge in [0.25, 0.3) is 0 Å². The van der Waals surface area contributed by atoms with Gasteiger partial charge in [-0.15, -0.1) is 0 Å². The van der Waals surface area contributed by atoms with Crippen LogP contribution in [0.1, 0.15) is 30.0 Å². The van der Waals surface area contributed by atoms with E-state index in [1.54, 1.807) is 13.0 Å². The lowest BCUT2D eigenvalue weighted by Crippen LogP contribution is -2.29. The fourth-order valence-electron chi connectivity index (χ4n) is 1.66. The number of hydrogen-bond donors (Lipinski definition) is 2. The van der Waals surface area contributed by atoms with Gasteiger partial charge in [-0.2, -0.15) is 0 Å². The lowest BCUT2D eigenvalue weighted by Gasteiger charge is -2.17. The van der Waals surface area contributed by atoms with Crippen molar-refractivity contribution < 1.29 is 4.39 Å². The molecule has 1 saturated carbocycles. The number of rotatable bonds is 4. The molecule has 1 aliphatic rings. The van der Waals surface area contributed by atoms with Crippen LogP contribution in [0.2, 0.25) is 0 Å². The van der Waals surface area contributed by atoms with Gasteiger partial charge in [-0.25, -0.2) is 4.39 Å². The zero-order chi connectivity index (χ0) is 10.8. The third-order valence-electron chi connectivity index (χ3n) is 2.85. The average Bonchev–Trinajstić information content (AvgIpc) is 3.02. The van der Waals surface area contributed by atoms with Gasteiger partial charge >= 0.3 is 0 Å². The van der Waals surface area contributed by atoms with Crippen molar-refractivity contribution in [2.45, 2.75) is 31.8 Å². The van der Waals surface area contributed by atoms with E-state index in [0.29, 0.717) is 18.2 Å². The van der Waals surface area contributed by atoms with E-state index in [9.17, 15) is 4.39 Å². The monoisotopic (exact) mass is 208 g/mol. The van der Waals surface area contributed by atoms with Gasteiger partial charge in [0.15, 0.2) is 0 Å². The minimum atomic E-state index is -0.149. The third kappa shape index (κ3) is 2.55. The number of aryl methyl sites for hydroxylation is 1. The Morgan fingerprint density at radius 2 is 2.27 bits per heavy atom. The molecule has 1 aromatic rings. The van der Waals surface area contributed by atoms with E-state index < -0.39 is 0 Å². The van der Waals surface area contributed by atoms with E-state index in [1.165, 1.54) is 12.8 Å². The molecule has 0 amide bonds. The number of halogens is 1. The number of benzene rings is 1. The fraction of sp³-hybridized carbons (Fsp3) is 0.500. The standard InChI is InChI=1S/C12H17FN2/c1-8-2-3-9(6-11(8)13)12(7-14)15-10-4-5-10/h2-3,6,10,12,15H,4-5,7,14H2,1H3. The molecule has 1 fully saturated rings. The van der Waals surface area contributed by atoms with Gasteiger partial charge in [0.05, 0.1) is 0 Å². The second-order valence-corrected chi connectivity index (χ2v) is 4.24. The van der Waals surface area contributed by atoms with Crippen LogP contribution in [-0.4, -0.2) is 12.6 Å². The molecule has 1 aromatic carbocycles. The van der Waals surface area contributed by atoms with E-state index in [0.717, 1.165) is 5.56 Å². The average molecular weight is 208 g/mol. The maximum absolute atomic E-state index is 13.4. The van der Waals surface area contributed by atoms with E-state index in [2.05, 4.69) is 5.32 Å². The molecule has 0 spiro atoms. The second-order valence-electron chi connectivity index (χ2n) is 4.24. The predicted molar refractivity (Wildman–Crippen MR) is 59.1 cm³/mol. The second kappa shape index (κ2) is 4.29. The minimum Gasteiger partial charge on any atom is -0.329 e. The van der Waals surface area contributed by atoms with Crippen LogP contribution < -0.4 is 11.1 Å². The highest BCUT2D eigenvalue weighted by molar-refractivity contribution is 5.26. The summed E-state index contributed by atoms with van der Waals surface area (Å²) in [5.41, 5.74) is 7.32. The zero-order valence-corrected chi connectivity index (χ0v) is 8.96. The van der Waals surface area contributed by atoms with E-state index in [1.807, 2.05) is 12.1 Å². The fourth-order valence-corrected chi connectivity index (χ4v) is 1.66. The van der Waals surface area contributed by atoms with Gasteiger partial charge in [-0.3, -0.25) is 0 Å². The van der Waals surface area contributed by atoms with Crippen LogP contribution in [0.4, 0.5) is 4.39 Å². The van der Waals surface area contributed by atoms with Crippen molar-refractivity contribution >= 4 is 0 Å². The summed E-state index contributed by atoms with van der Waals surface area (Å²) in [5.74, 6) is -0.149. The largest absolute Gasteiger partial charge is 0.329 e.